The lowest BCUT2D eigenvalue weighted by molar-refractivity contribution is 0.0447. The highest BCUT2D eigenvalue weighted by Crippen LogP contribution is 2.28. The summed E-state index contributed by atoms with van der Waals surface area (Å²) in [6.07, 6.45) is 2.68. The number of fused-ring (bicyclic) bond motifs is 1. The van der Waals surface area contributed by atoms with E-state index in [9.17, 15) is 4.79 Å². The summed E-state index contributed by atoms with van der Waals surface area (Å²) in [5.41, 5.74) is 0.644. The predicted octanol–water partition coefficient (Wildman–Crippen LogP) is 2.82. The van der Waals surface area contributed by atoms with Crippen molar-refractivity contribution in [2.45, 2.75) is 84.1 Å². The van der Waals surface area contributed by atoms with Gasteiger partial charge in [-0.2, -0.15) is 4.98 Å². The SMILES string of the molecule is [B]c1cnc2c(n1)nc(N1CCC(C)(NC(=O)OC(C)(C)C)CC1)n2COCC[Si](C)(C)C. The van der Waals surface area contributed by atoms with E-state index in [1.165, 1.54) is 0 Å². The van der Waals surface area contributed by atoms with Gasteiger partial charge in [0.15, 0.2) is 11.3 Å². The molecule has 1 fully saturated rings. The Hall–Kier alpha value is -2.14. The molecule has 1 amide bonds. The largest absolute Gasteiger partial charge is 0.444 e. The molecule has 1 aliphatic heterocycles. The Balaban J connectivity index is 1.72. The first-order valence-electron chi connectivity index (χ1n) is 11.6. The number of amides is 1. The fourth-order valence-electron chi connectivity index (χ4n) is 3.67. The number of alkyl carbamates (subject to hydrolysis) is 1. The molecule has 3 heterocycles. The van der Waals surface area contributed by atoms with Crippen molar-refractivity contribution < 1.29 is 14.3 Å². The van der Waals surface area contributed by atoms with Gasteiger partial charge in [-0.05, 0) is 46.6 Å². The van der Waals surface area contributed by atoms with Crippen LogP contribution in [0.2, 0.25) is 25.7 Å². The highest BCUT2D eigenvalue weighted by Gasteiger charge is 2.34. The molecule has 33 heavy (non-hydrogen) atoms. The van der Waals surface area contributed by atoms with Crippen LogP contribution in [-0.4, -0.2) is 72.4 Å². The zero-order valence-corrected chi connectivity index (χ0v) is 22.1. The molecule has 11 heteroatoms. The topological polar surface area (TPSA) is 94.4 Å². The van der Waals surface area contributed by atoms with Gasteiger partial charge in [-0.3, -0.25) is 4.57 Å². The average Bonchev–Trinajstić information content (AvgIpc) is 3.00. The molecular formula is C22H37BN6O3Si. The minimum absolute atomic E-state index is 0.339. The quantitative estimate of drug-likeness (QED) is 0.489. The number of imidazole rings is 1. The Bertz CT molecular complexity index is 977. The maximum atomic E-state index is 12.3. The molecule has 1 N–H and O–H groups in total. The first-order valence-corrected chi connectivity index (χ1v) is 15.3. The van der Waals surface area contributed by atoms with Crippen LogP contribution < -0.4 is 15.8 Å². The third-order valence-corrected chi connectivity index (χ3v) is 7.33. The summed E-state index contributed by atoms with van der Waals surface area (Å²) in [5.74, 6) is 0.767. The van der Waals surface area contributed by atoms with E-state index in [0.717, 1.165) is 37.9 Å². The molecule has 0 aromatic carbocycles. The van der Waals surface area contributed by atoms with E-state index in [2.05, 4.69) is 46.7 Å². The number of ether oxygens (including phenoxy) is 2. The van der Waals surface area contributed by atoms with E-state index >= 15 is 0 Å². The fraction of sp³-hybridized carbons (Fsp3) is 0.727. The monoisotopic (exact) mass is 472 g/mol. The van der Waals surface area contributed by atoms with Crippen LogP contribution in [0.15, 0.2) is 6.20 Å². The van der Waals surface area contributed by atoms with E-state index in [0.29, 0.717) is 30.2 Å². The van der Waals surface area contributed by atoms with Gasteiger partial charge in [-0.15, -0.1) is 0 Å². The zero-order valence-electron chi connectivity index (χ0n) is 21.1. The van der Waals surface area contributed by atoms with Crippen LogP contribution in [-0.2, 0) is 16.2 Å². The third-order valence-electron chi connectivity index (χ3n) is 5.63. The predicted molar refractivity (Wildman–Crippen MR) is 134 cm³/mol. The molecule has 0 unspecified atom stereocenters. The minimum atomic E-state index is -1.18. The van der Waals surface area contributed by atoms with Crippen LogP contribution in [0.5, 0.6) is 0 Å². The highest BCUT2D eigenvalue weighted by molar-refractivity contribution is 6.76. The molecule has 3 rings (SSSR count). The van der Waals surface area contributed by atoms with E-state index in [4.69, 9.17) is 22.3 Å². The van der Waals surface area contributed by atoms with Crippen LogP contribution in [0.25, 0.3) is 11.3 Å². The van der Waals surface area contributed by atoms with Gasteiger partial charge in [-0.25, -0.2) is 14.8 Å². The van der Waals surface area contributed by atoms with Crippen molar-refractivity contribution in [3.8, 4) is 0 Å². The lowest BCUT2D eigenvalue weighted by Gasteiger charge is -2.40. The minimum Gasteiger partial charge on any atom is -0.444 e. The van der Waals surface area contributed by atoms with E-state index in [1.54, 1.807) is 6.20 Å². The molecular weight excluding hydrogens is 435 g/mol. The van der Waals surface area contributed by atoms with Crippen LogP contribution in [0.1, 0.15) is 40.5 Å². The van der Waals surface area contributed by atoms with Crippen molar-refractivity contribution in [2.75, 3.05) is 24.6 Å². The van der Waals surface area contributed by atoms with E-state index in [-0.39, 0.29) is 11.6 Å². The van der Waals surface area contributed by atoms with E-state index in [1.807, 2.05) is 25.3 Å². The number of aromatic nitrogens is 4. The number of hydrogen-bond donors (Lipinski definition) is 1. The van der Waals surface area contributed by atoms with Crippen molar-refractivity contribution >= 4 is 44.8 Å². The number of nitrogens with zero attached hydrogens (tertiary/aromatic N) is 5. The molecule has 180 valence electrons. The fourth-order valence-corrected chi connectivity index (χ4v) is 4.43. The Morgan fingerprint density at radius 3 is 2.52 bits per heavy atom. The Morgan fingerprint density at radius 2 is 1.91 bits per heavy atom. The summed E-state index contributed by atoms with van der Waals surface area (Å²) in [6, 6.07) is 1.09. The summed E-state index contributed by atoms with van der Waals surface area (Å²) in [7, 11) is 4.66. The van der Waals surface area contributed by atoms with Crippen LogP contribution in [0, 0.1) is 0 Å². The van der Waals surface area contributed by atoms with Gasteiger partial charge < -0.3 is 19.7 Å². The maximum absolute atomic E-state index is 12.3. The Kier molecular flexibility index (Phi) is 7.43. The normalized spacial score (nSPS) is 16.8. The van der Waals surface area contributed by atoms with Gasteiger partial charge in [0.25, 0.3) is 0 Å². The van der Waals surface area contributed by atoms with Crippen LogP contribution in [0.4, 0.5) is 10.7 Å². The Morgan fingerprint density at radius 1 is 1.24 bits per heavy atom. The number of carbonyl (C=O) groups is 1. The number of nitrogens with one attached hydrogen (secondary N) is 1. The number of piperidine rings is 1. The number of rotatable bonds is 7. The Labute approximate surface area is 199 Å². The van der Waals surface area contributed by atoms with Gasteiger partial charge in [0.2, 0.25) is 5.95 Å². The van der Waals surface area contributed by atoms with Crippen LogP contribution in [0.3, 0.4) is 0 Å². The highest BCUT2D eigenvalue weighted by atomic mass is 28.3. The van der Waals surface area contributed by atoms with Crippen molar-refractivity contribution in [3.05, 3.63) is 6.20 Å². The second kappa shape index (κ2) is 9.62. The number of anilines is 1. The van der Waals surface area contributed by atoms with Gasteiger partial charge in [-0.1, -0.05) is 19.6 Å². The summed E-state index contributed by atoms with van der Waals surface area (Å²) < 4.78 is 13.4. The van der Waals surface area contributed by atoms with Crippen molar-refractivity contribution in [3.63, 3.8) is 0 Å². The summed E-state index contributed by atoms with van der Waals surface area (Å²) >= 11 is 0. The molecule has 1 saturated heterocycles. The summed E-state index contributed by atoms with van der Waals surface area (Å²) in [6.45, 7) is 17.2. The molecule has 2 radical (unpaired) electrons. The standard InChI is InChI=1S/C22H37BN6O3Si/c1-21(2,3)32-20(30)27-22(4)8-10-28(11-9-22)19-26-17-18(24-14-16(23)25-17)29(19)15-31-12-13-33(5,6)7/h14H,8-13,15H2,1-7H3,(H,27,30). The van der Waals surface area contributed by atoms with Crippen molar-refractivity contribution in [1.82, 2.24) is 24.8 Å². The second-order valence-corrected chi connectivity index (χ2v) is 16.9. The first kappa shape index (κ1) is 25.5. The molecule has 0 aliphatic carbocycles. The molecule has 2 aromatic rings. The molecule has 0 bridgehead atoms. The smallest absolute Gasteiger partial charge is 0.408 e. The third kappa shape index (κ3) is 7.17. The van der Waals surface area contributed by atoms with Crippen LogP contribution >= 0.6 is 0 Å². The molecule has 0 atom stereocenters. The van der Waals surface area contributed by atoms with Gasteiger partial charge in [0, 0.05) is 45.1 Å². The van der Waals surface area contributed by atoms with E-state index < -0.39 is 13.7 Å². The van der Waals surface area contributed by atoms with Gasteiger partial charge in [0.05, 0.1) is 0 Å². The molecule has 2 aromatic heterocycles. The number of hydrogen-bond acceptors (Lipinski definition) is 7. The maximum Gasteiger partial charge on any atom is 0.408 e. The molecule has 9 nitrogen and oxygen atoms in total. The molecule has 0 saturated carbocycles. The molecule has 1 aliphatic rings. The van der Waals surface area contributed by atoms with Gasteiger partial charge in [0.1, 0.15) is 20.2 Å². The summed E-state index contributed by atoms with van der Waals surface area (Å²) in [5, 5.41) is 3.05. The van der Waals surface area contributed by atoms with Gasteiger partial charge >= 0.3 is 6.09 Å². The lowest BCUT2D eigenvalue weighted by atomic mass is 9.90. The zero-order chi connectivity index (χ0) is 24.4. The molecule has 0 spiro atoms. The van der Waals surface area contributed by atoms with Crippen molar-refractivity contribution in [1.29, 1.82) is 0 Å². The average molecular weight is 472 g/mol. The lowest BCUT2D eigenvalue weighted by Crippen LogP contribution is -2.54. The first-order chi connectivity index (χ1) is 15.2. The number of carbonyl (C=O) groups excluding carboxylic acids is 1. The summed E-state index contributed by atoms with van der Waals surface area (Å²) in [4.78, 5) is 28.0. The second-order valence-electron chi connectivity index (χ2n) is 11.3. The van der Waals surface area contributed by atoms with Crippen molar-refractivity contribution in [2.24, 2.45) is 0 Å².